The largest absolute Gasteiger partial charge is 0.493 e. The lowest BCUT2D eigenvalue weighted by Gasteiger charge is -2.31. The molecule has 1 aliphatic carbocycles. The molecule has 0 radical (unpaired) electrons. The maximum atomic E-state index is 5.34. The summed E-state index contributed by atoms with van der Waals surface area (Å²) in [7, 11) is 7.31. The molecule has 0 atom stereocenters. The number of hydrogen-bond acceptors (Lipinski definition) is 4. The van der Waals surface area contributed by atoms with E-state index in [1.165, 1.54) is 32.1 Å². The van der Waals surface area contributed by atoms with Gasteiger partial charge in [-0.05, 0) is 45.0 Å². The van der Waals surface area contributed by atoms with Crippen LogP contribution in [0, 0.1) is 0 Å². The predicted molar refractivity (Wildman–Crippen MR) is 124 cm³/mol. The van der Waals surface area contributed by atoms with E-state index in [0.29, 0.717) is 11.5 Å². The van der Waals surface area contributed by atoms with Gasteiger partial charge in [0.05, 0.1) is 14.2 Å². The SMILES string of the molecule is CN=C(NCCCN(C)C1CCCCC1)Nc1ccc(OC)c(OC)c1.I. The first kappa shape index (κ1) is 23.8. The van der Waals surface area contributed by atoms with Crippen molar-refractivity contribution in [1.82, 2.24) is 10.2 Å². The van der Waals surface area contributed by atoms with Crippen LogP contribution in [-0.2, 0) is 0 Å². The number of ether oxygens (including phenoxy) is 2. The van der Waals surface area contributed by atoms with Crippen molar-refractivity contribution in [3.8, 4) is 11.5 Å². The predicted octanol–water partition coefficient (Wildman–Crippen LogP) is 3.96. The first-order chi connectivity index (χ1) is 12.7. The highest BCUT2D eigenvalue weighted by molar-refractivity contribution is 14.0. The topological polar surface area (TPSA) is 58.1 Å². The van der Waals surface area contributed by atoms with E-state index in [0.717, 1.165) is 37.2 Å². The Kier molecular flexibility index (Phi) is 11.5. The molecule has 1 aliphatic rings. The number of anilines is 1. The minimum Gasteiger partial charge on any atom is -0.493 e. The summed E-state index contributed by atoms with van der Waals surface area (Å²) in [5.41, 5.74) is 0.912. The normalized spacial score (nSPS) is 15.2. The Morgan fingerprint density at radius 3 is 2.48 bits per heavy atom. The average molecular weight is 490 g/mol. The monoisotopic (exact) mass is 490 g/mol. The molecule has 1 aromatic rings. The minimum atomic E-state index is 0. The first-order valence-electron chi connectivity index (χ1n) is 9.58. The summed E-state index contributed by atoms with van der Waals surface area (Å²) in [5.74, 6) is 2.17. The van der Waals surface area contributed by atoms with Crippen LogP contribution in [0.4, 0.5) is 5.69 Å². The number of nitrogens with zero attached hydrogens (tertiary/aromatic N) is 2. The third-order valence-corrected chi connectivity index (χ3v) is 5.05. The van der Waals surface area contributed by atoms with Crippen molar-refractivity contribution in [3.63, 3.8) is 0 Å². The molecule has 0 aromatic heterocycles. The molecule has 7 heteroatoms. The van der Waals surface area contributed by atoms with E-state index in [-0.39, 0.29) is 24.0 Å². The van der Waals surface area contributed by atoms with Crippen LogP contribution in [0.15, 0.2) is 23.2 Å². The average Bonchev–Trinajstić information content (AvgIpc) is 2.70. The van der Waals surface area contributed by atoms with Crippen LogP contribution in [0.25, 0.3) is 0 Å². The zero-order valence-electron chi connectivity index (χ0n) is 17.1. The van der Waals surface area contributed by atoms with Gasteiger partial charge in [-0.25, -0.2) is 0 Å². The van der Waals surface area contributed by atoms with Crippen LogP contribution in [0.2, 0.25) is 0 Å². The minimum absolute atomic E-state index is 0. The molecule has 6 nitrogen and oxygen atoms in total. The third-order valence-electron chi connectivity index (χ3n) is 5.05. The summed E-state index contributed by atoms with van der Waals surface area (Å²) in [6, 6.07) is 6.51. The van der Waals surface area contributed by atoms with Crippen molar-refractivity contribution in [2.45, 2.75) is 44.6 Å². The van der Waals surface area contributed by atoms with Crippen molar-refractivity contribution in [2.24, 2.45) is 4.99 Å². The molecule has 1 saturated carbocycles. The molecule has 0 unspecified atom stereocenters. The van der Waals surface area contributed by atoms with Crippen LogP contribution in [0.1, 0.15) is 38.5 Å². The third kappa shape index (κ3) is 7.73. The van der Waals surface area contributed by atoms with E-state index in [9.17, 15) is 0 Å². The van der Waals surface area contributed by atoms with Crippen LogP contribution in [-0.4, -0.2) is 58.3 Å². The second-order valence-electron chi connectivity index (χ2n) is 6.82. The Hall–Kier alpha value is -1.22. The van der Waals surface area contributed by atoms with Crippen molar-refractivity contribution < 1.29 is 9.47 Å². The van der Waals surface area contributed by atoms with Crippen molar-refractivity contribution >= 4 is 35.6 Å². The number of benzene rings is 1. The number of guanidine groups is 1. The molecule has 2 rings (SSSR count). The van der Waals surface area contributed by atoms with Gasteiger partial charge in [0.25, 0.3) is 0 Å². The fourth-order valence-corrected chi connectivity index (χ4v) is 3.47. The van der Waals surface area contributed by atoms with Crippen LogP contribution < -0.4 is 20.1 Å². The Bertz CT molecular complexity index is 577. The van der Waals surface area contributed by atoms with Gasteiger partial charge < -0.3 is 25.0 Å². The summed E-state index contributed by atoms with van der Waals surface area (Å²) < 4.78 is 10.6. The number of rotatable bonds is 8. The maximum Gasteiger partial charge on any atom is 0.195 e. The molecule has 0 heterocycles. The molecule has 27 heavy (non-hydrogen) atoms. The smallest absolute Gasteiger partial charge is 0.195 e. The second-order valence-corrected chi connectivity index (χ2v) is 6.82. The highest BCUT2D eigenvalue weighted by atomic mass is 127. The number of halogens is 1. The van der Waals surface area contributed by atoms with Crippen LogP contribution >= 0.6 is 24.0 Å². The summed E-state index contributed by atoms with van der Waals surface area (Å²) in [6.07, 6.45) is 7.98. The van der Waals surface area contributed by atoms with Crippen molar-refractivity contribution in [2.75, 3.05) is 46.7 Å². The Morgan fingerprint density at radius 1 is 1.15 bits per heavy atom. The molecular weight excluding hydrogens is 455 g/mol. The van der Waals surface area contributed by atoms with E-state index in [4.69, 9.17) is 9.47 Å². The van der Waals surface area contributed by atoms with Crippen LogP contribution in [0.5, 0.6) is 11.5 Å². The highest BCUT2D eigenvalue weighted by Crippen LogP contribution is 2.29. The lowest BCUT2D eigenvalue weighted by molar-refractivity contribution is 0.190. The van der Waals surface area contributed by atoms with E-state index in [1.807, 2.05) is 18.2 Å². The lowest BCUT2D eigenvalue weighted by atomic mass is 9.94. The molecule has 154 valence electrons. The van der Waals surface area contributed by atoms with Gasteiger partial charge in [0, 0.05) is 31.4 Å². The van der Waals surface area contributed by atoms with Gasteiger partial charge in [0.2, 0.25) is 0 Å². The Labute approximate surface area is 181 Å². The molecule has 0 spiro atoms. The fraction of sp³-hybridized carbons (Fsp3) is 0.650. The lowest BCUT2D eigenvalue weighted by Crippen LogP contribution is -2.37. The van der Waals surface area contributed by atoms with Gasteiger partial charge in [0.15, 0.2) is 17.5 Å². The van der Waals surface area contributed by atoms with E-state index >= 15 is 0 Å². The Morgan fingerprint density at radius 2 is 1.85 bits per heavy atom. The highest BCUT2D eigenvalue weighted by Gasteiger charge is 2.17. The fourth-order valence-electron chi connectivity index (χ4n) is 3.47. The zero-order chi connectivity index (χ0) is 18.8. The quantitative estimate of drug-likeness (QED) is 0.250. The van der Waals surface area contributed by atoms with E-state index < -0.39 is 0 Å². The van der Waals surface area contributed by atoms with Gasteiger partial charge in [-0.3, -0.25) is 4.99 Å². The number of aliphatic imine (C=N–C) groups is 1. The van der Waals surface area contributed by atoms with Gasteiger partial charge in [-0.15, -0.1) is 24.0 Å². The molecule has 2 N–H and O–H groups in total. The first-order valence-corrected chi connectivity index (χ1v) is 9.58. The zero-order valence-corrected chi connectivity index (χ0v) is 19.4. The Balaban J connectivity index is 0.00000364. The van der Waals surface area contributed by atoms with Crippen molar-refractivity contribution in [1.29, 1.82) is 0 Å². The summed E-state index contributed by atoms with van der Waals surface area (Å²) in [4.78, 5) is 6.82. The second kappa shape index (κ2) is 13.0. The molecular formula is C20H35IN4O2. The molecule has 0 bridgehead atoms. The van der Waals surface area contributed by atoms with E-state index in [2.05, 4.69) is 27.6 Å². The summed E-state index contributed by atoms with van der Waals surface area (Å²) in [5, 5.41) is 6.68. The van der Waals surface area contributed by atoms with Gasteiger partial charge >= 0.3 is 0 Å². The standard InChI is InChI=1S/C20H34N4O2.HI/c1-21-20(23-16-11-12-18(25-3)19(15-16)26-4)22-13-8-14-24(2)17-9-6-5-7-10-17;/h11-12,15,17H,5-10,13-14H2,1-4H3,(H2,21,22,23);1H. The summed E-state index contributed by atoms with van der Waals surface area (Å²) in [6.45, 7) is 2.01. The molecule has 1 fully saturated rings. The molecule has 0 aliphatic heterocycles. The molecule has 1 aromatic carbocycles. The maximum absolute atomic E-state index is 5.34. The summed E-state index contributed by atoms with van der Waals surface area (Å²) >= 11 is 0. The number of hydrogen-bond donors (Lipinski definition) is 2. The number of nitrogens with one attached hydrogen (secondary N) is 2. The van der Waals surface area contributed by atoms with Crippen LogP contribution in [0.3, 0.4) is 0 Å². The van der Waals surface area contributed by atoms with Gasteiger partial charge in [0.1, 0.15) is 0 Å². The van der Waals surface area contributed by atoms with Gasteiger partial charge in [-0.1, -0.05) is 19.3 Å². The van der Waals surface area contributed by atoms with Gasteiger partial charge in [-0.2, -0.15) is 0 Å². The van der Waals surface area contributed by atoms with Crippen molar-refractivity contribution in [3.05, 3.63) is 18.2 Å². The molecule has 0 amide bonds. The number of methoxy groups -OCH3 is 2. The van der Waals surface area contributed by atoms with E-state index in [1.54, 1.807) is 21.3 Å². The molecule has 0 saturated heterocycles.